The Labute approximate surface area is 63.4 Å². The molecule has 0 spiro atoms. The molecule has 2 atom stereocenters. The van der Waals surface area contributed by atoms with Gasteiger partial charge in [-0.25, -0.2) is 0 Å². The van der Waals surface area contributed by atoms with Gasteiger partial charge in [0, 0.05) is 25.2 Å². The van der Waals surface area contributed by atoms with Crippen molar-refractivity contribution < 1.29 is 0 Å². The zero-order valence-corrected chi connectivity index (χ0v) is 7.17. The normalized spacial score (nSPS) is 17.4. The first-order valence-electron chi connectivity index (χ1n) is 3.75. The second-order valence-corrected chi connectivity index (χ2v) is 2.83. The number of hydrogen-bond donors (Lipinski definition) is 2. The van der Waals surface area contributed by atoms with E-state index >= 15 is 0 Å². The second-order valence-electron chi connectivity index (χ2n) is 2.83. The van der Waals surface area contributed by atoms with Crippen LogP contribution in [0.25, 0.3) is 0 Å². The molecule has 0 saturated heterocycles. The molecule has 0 bridgehead atoms. The first kappa shape index (κ1) is 9.88. The van der Waals surface area contributed by atoms with Gasteiger partial charge in [0.15, 0.2) is 0 Å². The zero-order valence-electron chi connectivity index (χ0n) is 7.17. The average Bonchev–Trinajstić information content (AvgIpc) is 2.00. The summed E-state index contributed by atoms with van der Waals surface area (Å²) in [6.45, 7) is 5.60. The SMILES string of the molecule is CC(CN)N(C)C(C)CN. The third kappa shape index (κ3) is 2.64. The Kier molecular flexibility index (Phi) is 4.60. The fourth-order valence-corrected chi connectivity index (χ4v) is 0.767. The molecular weight excluding hydrogens is 126 g/mol. The van der Waals surface area contributed by atoms with Gasteiger partial charge in [0.05, 0.1) is 0 Å². The fourth-order valence-electron chi connectivity index (χ4n) is 0.767. The smallest absolute Gasteiger partial charge is 0.0190 e. The van der Waals surface area contributed by atoms with Crippen molar-refractivity contribution in [3.63, 3.8) is 0 Å². The Hall–Kier alpha value is -0.120. The molecule has 4 N–H and O–H groups in total. The standard InChI is InChI=1S/C7H19N3/c1-6(4-8)10(3)7(2)5-9/h6-7H,4-5,8-9H2,1-3H3. The van der Waals surface area contributed by atoms with Crippen molar-refractivity contribution in [2.45, 2.75) is 25.9 Å². The molecule has 62 valence electrons. The van der Waals surface area contributed by atoms with Crippen LogP contribution in [0, 0.1) is 0 Å². The maximum atomic E-state index is 5.48. The molecule has 0 aliphatic carbocycles. The van der Waals surface area contributed by atoms with Crippen LogP contribution in [0.4, 0.5) is 0 Å². The van der Waals surface area contributed by atoms with Crippen molar-refractivity contribution in [2.75, 3.05) is 20.1 Å². The molecule has 0 aromatic heterocycles. The molecular formula is C7H19N3. The maximum Gasteiger partial charge on any atom is 0.0190 e. The van der Waals surface area contributed by atoms with Crippen molar-refractivity contribution in [3.8, 4) is 0 Å². The summed E-state index contributed by atoms with van der Waals surface area (Å²) in [4.78, 5) is 2.19. The monoisotopic (exact) mass is 145 g/mol. The summed E-state index contributed by atoms with van der Waals surface area (Å²) < 4.78 is 0. The van der Waals surface area contributed by atoms with Crippen LogP contribution in [0.1, 0.15) is 13.8 Å². The van der Waals surface area contributed by atoms with Crippen LogP contribution in [0.5, 0.6) is 0 Å². The van der Waals surface area contributed by atoms with Crippen molar-refractivity contribution >= 4 is 0 Å². The molecule has 0 aromatic carbocycles. The first-order valence-corrected chi connectivity index (χ1v) is 3.75. The van der Waals surface area contributed by atoms with Crippen LogP contribution in [-0.4, -0.2) is 37.1 Å². The van der Waals surface area contributed by atoms with Gasteiger partial charge in [0.25, 0.3) is 0 Å². The molecule has 0 heterocycles. The molecule has 0 amide bonds. The van der Waals surface area contributed by atoms with Crippen LogP contribution in [-0.2, 0) is 0 Å². The summed E-state index contributed by atoms with van der Waals surface area (Å²) in [6, 6.07) is 0.858. The van der Waals surface area contributed by atoms with Crippen LogP contribution in [0.15, 0.2) is 0 Å². The summed E-state index contributed by atoms with van der Waals surface area (Å²) in [5.74, 6) is 0. The van der Waals surface area contributed by atoms with Gasteiger partial charge in [-0.3, -0.25) is 4.90 Å². The summed E-state index contributed by atoms with van der Waals surface area (Å²) in [7, 11) is 2.05. The quantitative estimate of drug-likeness (QED) is 0.566. The Morgan fingerprint density at radius 2 is 1.40 bits per heavy atom. The van der Waals surface area contributed by atoms with Gasteiger partial charge < -0.3 is 11.5 Å². The molecule has 0 saturated carbocycles. The van der Waals surface area contributed by atoms with E-state index in [9.17, 15) is 0 Å². The van der Waals surface area contributed by atoms with Crippen LogP contribution < -0.4 is 11.5 Å². The molecule has 3 heteroatoms. The molecule has 0 aromatic rings. The average molecular weight is 145 g/mol. The van der Waals surface area contributed by atoms with E-state index in [0.717, 1.165) is 0 Å². The molecule has 10 heavy (non-hydrogen) atoms. The lowest BCUT2D eigenvalue weighted by molar-refractivity contribution is 0.204. The summed E-state index contributed by atoms with van der Waals surface area (Å²) >= 11 is 0. The molecule has 3 nitrogen and oxygen atoms in total. The Morgan fingerprint density at radius 3 is 1.60 bits per heavy atom. The van der Waals surface area contributed by atoms with Crippen molar-refractivity contribution in [2.24, 2.45) is 11.5 Å². The lowest BCUT2D eigenvalue weighted by Gasteiger charge is -2.28. The first-order chi connectivity index (χ1) is 4.63. The minimum Gasteiger partial charge on any atom is -0.329 e. The van der Waals surface area contributed by atoms with Gasteiger partial charge in [-0.1, -0.05) is 0 Å². The number of nitrogens with zero attached hydrogens (tertiary/aromatic N) is 1. The molecule has 0 fully saturated rings. The molecule has 2 unspecified atom stereocenters. The second kappa shape index (κ2) is 4.66. The van der Waals surface area contributed by atoms with Crippen LogP contribution in [0.2, 0.25) is 0 Å². The van der Waals surface area contributed by atoms with E-state index in [1.54, 1.807) is 0 Å². The van der Waals surface area contributed by atoms with E-state index in [-0.39, 0.29) is 0 Å². The highest BCUT2D eigenvalue weighted by Gasteiger charge is 2.11. The Morgan fingerprint density at radius 1 is 1.10 bits per heavy atom. The van der Waals surface area contributed by atoms with E-state index in [0.29, 0.717) is 25.2 Å². The lowest BCUT2D eigenvalue weighted by Crippen LogP contribution is -2.44. The number of nitrogens with two attached hydrogens (primary N) is 2. The fraction of sp³-hybridized carbons (Fsp3) is 1.00. The highest BCUT2D eigenvalue weighted by molar-refractivity contribution is 4.70. The number of likely N-dealkylation sites (N-methyl/N-ethyl adjacent to an activating group) is 1. The van der Waals surface area contributed by atoms with E-state index in [4.69, 9.17) is 11.5 Å². The van der Waals surface area contributed by atoms with Gasteiger partial charge in [-0.2, -0.15) is 0 Å². The maximum absolute atomic E-state index is 5.48. The van der Waals surface area contributed by atoms with E-state index < -0.39 is 0 Å². The van der Waals surface area contributed by atoms with E-state index in [1.165, 1.54) is 0 Å². The topological polar surface area (TPSA) is 55.3 Å². The Balaban J connectivity index is 3.69. The summed E-state index contributed by atoms with van der Waals surface area (Å²) in [5.41, 5.74) is 11.0. The van der Waals surface area contributed by atoms with Gasteiger partial charge >= 0.3 is 0 Å². The Bertz CT molecular complexity index is 74.9. The van der Waals surface area contributed by atoms with Gasteiger partial charge in [0.1, 0.15) is 0 Å². The summed E-state index contributed by atoms with van der Waals surface area (Å²) in [6.07, 6.45) is 0. The highest BCUT2D eigenvalue weighted by Crippen LogP contribution is 1.98. The predicted octanol–water partition coefficient (Wildman–Crippen LogP) is -0.387. The molecule has 0 aliphatic rings. The summed E-state index contributed by atoms with van der Waals surface area (Å²) in [5, 5.41) is 0. The van der Waals surface area contributed by atoms with Gasteiger partial charge in [-0.05, 0) is 20.9 Å². The lowest BCUT2D eigenvalue weighted by atomic mass is 10.2. The minimum atomic E-state index is 0.429. The third-order valence-corrected chi connectivity index (χ3v) is 2.07. The van der Waals surface area contributed by atoms with E-state index in [1.807, 2.05) is 0 Å². The highest BCUT2D eigenvalue weighted by atomic mass is 15.2. The largest absolute Gasteiger partial charge is 0.329 e. The van der Waals surface area contributed by atoms with Gasteiger partial charge in [0.2, 0.25) is 0 Å². The van der Waals surface area contributed by atoms with Crippen LogP contribution in [0.3, 0.4) is 0 Å². The molecule has 0 rings (SSSR count). The molecule has 0 radical (unpaired) electrons. The predicted molar refractivity (Wildman–Crippen MR) is 44.8 cm³/mol. The van der Waals surface area contributed by atoms with Gasteiger partial charge in [-0.15, -0.1) is 0 Å². The van der Waals surface area contributed by atoms with Crippen LogP contribution >= 0.6 is 0 Å². The number of rotatable bonds is 4. The number of hydrogen-bond acceptors (Lipinski definition) is 3. The van der Waals surface area contributed by atoms with E-state index in [2.05, 4.69) is 25.8 Å². The van der Waals surface area contributed by atoms with Crippen molar-refractivity contribution in [1.29, 1.82) is 0 Å². The minimum absolute atomic E-state index is 0.429. The van der Waals surface area contributed by atoms with Crippen molar-refractivity contribution in [3.05, 3.63) is 0 Å². The zero-order chi connectivity index (χ0) is 8.15. The molecule has 0 aliphatic heterocycles. The third-order valence-electron chi connectivity index (χ3n) is 2.07. The van der Waals surface area contributed by atoms with Crippen molar-refractivity contribution in [1.82, 2.24) is 4.90 Å².